The molecule has 1 atom stereocenters. The molecule has 1 aromatic rings. The van der Waals surface area contributed by atoms with E-state index in [9.17, 15) is 9.59 Å². The molecule has 0 aliphatic heterocycles. The van der Waals surface area contributed by atoms with E-state index in [1.807, 2.05) is 18.2 Å². The van der Waals surface area contributed by atoms with Gasteiger partial charge in [0.2, 0.25) is 0 Å². The number of methoxy groups -OCH3 is 1. The molecule has 1 aliphatic carbocycles. The zero-order valence-electron chi connectivity index (χ0n) is 10.2. The highest BCUT2D eigenvalue weighted by molar-refractivity contribution is 5.98. The summed E-state index contributed by atoms with van der Waals surface area (Å²) in [6.07, 6.45) is 2.49. The van der Waals surface area contributed by atoms with Crippen LogP contribution in [-0.4, -0.2) is 18.9 Å². The van der Waals surface area contributed by atoms with E-state index in [-0.39, 0.29) is 17.7 Å². The van der Waals surface area contributed by atoms with E-state index in [1.54, 1.807) is 6.92 Å². The number of hydrogen-bond donors (Lipinski definition) is 0. The number of esters is 1. The van der Waals surface area contributed by atoms with Gasteiger partial charge < -0.3 is 4.74 Å². The maximum Gasteiger partial charge on any atom is 0.312 e. The predicted molar refractivity (Wildman–Crippen MR) is 64.1 cm³/mol. The third-order valence-electron chi connectivity index (χ3n) is 3.34. The van der Waals surface area contributed by atoms with E-state index in [4.69, 9.17) is 4.74 Å². The standard InChI is InChI=1S/C14H16O3/c1-9(14(16)17-2)11-7-6-10-4-3-5-13(15)12(10)8-11/h6-9H,3-5H2,1-2H3. The van der Waals surface area contributed by atoms with Crippen molar-refractivity contribution in [3.05, 3.63) is 34.9 Å². The van der Waals surface area contributed by atoms with Crippen LogP contribution in [0.3, 0.4) is 0 Å². The smallest absolute Gasteiger partial charge is 0.312 e. The molecule has 17 heavy (non-hydrogen) atoms. The second kappa shape index (κ2) is 4.70. The largest absolute Gasteiger partial charge is 0.469 e. The lowest BCUT2D eigenvalue weighted by Gasteiger charge is -2.17. The van der Waals surface area contributed by atoms with Crippen molar-refractivity contribution in [1.29, 1.82) is 0 Å². The van der Waals surface area contributed by atoms with Gasteiger partial charge in [0, 0.05) is 12.0 Å². The van der Waals surface area contributed by atoms with Crippen LogP contribution < -0.4 is 0 Å². The molecule has 0 spiro atoms. The molecule has 0 bridgehead atoms. The quantitative estimate of drug-likeness (QED) is 0.736. The molecule has 3 nitrogen and oxygen atoms in total. The summed E-state index contributed by atoms with van der Waals surface area (Å²) >= 11 is 0. The molecule has 90 valence electrons. The summed E-state index contributed by atoms with van der Waals surface area (Å²) < 4.78 is 4.71. The Morgan fingerprint density at radius 1 is 1.35 bits per heavy atom. The van der Waals surface area contributed by atoms with Crippen LogP contribution in [0.4, 0.5) is 0 Å². The number of ketones is 1. The molecule has 0 radical (unpaired) electrons. The first kappa shape index (κ1) is 11.8. The van der Waals surface area contributed by atoms with Gasteiger partial charge in [-0.1, -0.05) is 12.1 Å². The Balaban J connectivity index is 2.35. The molecule has 0 saturated carbocycles. The Morgan fingerprint density at radius 3 is 2.82 bits per heavy atom. The van der Waals surface area contributed by atoms with Crippen LogP contribution in [-0.2, 0) is 16.0 Å². The van der Waals surface area contributed by atoms with Crippen molar-refractivity contribution in [3.8, 4) is 0 Å². The topological polar surface area (TPSA) is 43.4 Å². The highest BCUT2D eigenvalue weighted by Gasteiger charge is 2.21. The van der Waals surface area contributed by atoms with Crippen LogP contribution in [0.5, 0.6) is 0 Å². The Bertz CT molecular complexity index is 463. The van der Waals surface area contributed by atoms with Gasteiger partial charge in [0.25, 0.3) is 0 Å². The summed E-state index contributed by atoms with van der Waals surface area (Å²) in [6.45, 7) is 1.79. The number of benzene rings is 1. The van der Waals surface area contributed by atoms with Crippen molar-refractivity contribution in [2.45, 2.75) is 32.1 Å². The Hall–Kier alpha value is -1.64. The zero-order chi connectivity index (χ0) is 12.4. The maximum absolute atomic E-state index is 11.8. The number of carbonyl (C=O) groups excluding carboxylic acids is 2. The van der Waals surface area contributed by atoms with Gasteiger partial charge in [0.1, 0.15) is 0 Å². The molecule has 0 fully saturated rings. The number of aryl methyl sites for hydroxylation is 1. The Morgan fingerprint density at radius 2 is 2.12 bits per heavy atom. The molecule has 1 unspecified atom stereocenters. The lowest BCUT2D eigenvalue weighted by Crippen LogP contribution is -2.14. The summed E-state index contributed by atoms with van der Waals surface area (Å²) in [7, 11) is 1.38. The van der Waals surface area contributed by atoms with Crippen molar-refractivity contribution in [1.82, 2.24) is 0 Å². The molecular weight excluding hydrogens is 216 g/mol. The molecule has 0 N–H and O–H groups in total. The Labute approximate surface area is 101 Å². The van der Waals surface area contributed by atoms with E-state index < -0.39 is 0 Å². The van der Waals surface area contributed by atoms with E-state index in [0.29, 0.717) is 6.42 Å². The van der Waals surface area contributed by atoms with Crippen LogP contribution in [0.2, 0.25) is 0 Å². The van der Waals surface area contributed by atoms with Gasteiger partial charge in [-0.05, 0) is 37.0 Å². The van der Waals surface area contributed by atoms with Crippen molar-refractivity contribution in [3.63, 3.8) is 0 Å². The summed E-state index contributed by atoms with van der Waals surface area (Å²) in [4.78, 5) is 23.2. The third kappa shape index (κ3) is 2.23. The number of fused-ring (bicyclic) bond motifs is 1. The van der Waals surface area contributed by atoms with Crippen LogP contribution in [0.1, 0.15) is 47.2 Å². The molecule has 0 amide bonds. The van der Waals surface area contributed by atoms with Crippen molar-refractivity contribution in [2.75, 3.05) is 7.11 Å². The van der Waals surface area contributed by atoms with Crippen LogP contribution in [0.25, 0.3) is 0 Å². The van der Waals surface area contributed by atoms with Crippen molar-refractivity contribution >= 4 is 11.8 Å². The predicted octanol–water partition coefficient (Wildman–Crippen LogP) is 2.48. The van der Waals surface area contributed by atoms with Crippen LogP contribution in [0, 0.1) is 0 Å². The second-order valence-corrected chi connectivity index (χ2v) is 4.44. The fourth-order valence-corrected chi connectivity index (χ4v) is 2.23. The number of ether oxygens (including phenoxy) is 1. The number of rotatable bonds is 2. The summed E-state index contributed by atoms with van der Waals surface area (Å²) in [5, 5.41) is 0. The second-order valence-electron chi connectivity index (χ2n) is 4.44. The number of carbonyl (C=O) groups is 2. The molecule has 1 aliphatic rings. The average Bonchev–Trinajstić information content (AvgIpc) is 2.37. The fraction of sp³-hybridized carbons (Fsp3) is 0.429. The monoisotopic (exact) mass is 232 g/mol. The Kier molecular flexibility index (Phi) is 3.27. The van der Waals surface area contributed by atoms with Gasteiger partial charge >= 0.3 is 5.97 Å². The highest BCUT2D eigenvalue weighted by Crippen LogP contribution is 2.26. The first-order valence-electron chi connectivity index (χ1n) is 5.87. The molecule has 0 aromatic heterocycles. The molecule has 3 heteroatoms. The SMILES string of the molecule is COC(=O)C(C)c1ccc2c(c1)C(=O)CCC2. The molecule has 0 saturated heterocycles. The zero-order valence-corrected chi connectivity index (χ0v) is 10.2. The average molecular weight is 232 g/mol. The van der Waals surface area contributed by atoms with Gasteiger partial charge in [-0.15, -0.1) is 0 Å². The fourth-order valence-electron chi connectivity index (χ4n) is 2.23. The van der Waals surface area contributed by atoms with Crippen molar-refractivity contribution in [2.24, 2.45) is 0 Å². The van der Waals surface area contributed by atoms with Crippen molar-refractivity contribution < 1.29 is 14.3 Å². The summed E-state index contributed by atoms with van der Waals surface area (Å²) in [5.74, 6) is -0.404. The lowest BCUT2D eigenvalue weighted by molar-refractivity contribution is -0.141. The minimum absolute atomic E-state index is 0.185. The van der Waals surface area contributed by atoms with Gasteiger partial charge in [0.15, 0.2) is 5.78 Å². The summed E-state index contributed by atoms with van der Waals surface area (Å²) in [5.41, 5.74) is 2.73. The molecule has 0 heterocycles. The van der Waals surface area contributed by atoms with Gasteiger partial charge in [-0.2, -0.15) is 0 Å². The first-order valence-corrected chi connectivity index (χ1v) is 5.87. The van der Waals surface area contributed by atoms with E-state index in [2.05, 4.69) is 0 Å². The number of Topliss-reactive ketones (excluding diaryl/α,β-unsaturated/α-hetero) is 1. The normalized spacial score (nSPS) is 16.2. The summed E-state index contributed by atoms with van der Waals surface area (Å²) in [6, 6.07) is 5.72. The highest BCUT2D eigenvalue weighted by atomic mass is 16.5. The number of hydrogen-bond acceptors (Lipinski definition) is 3. The minimum Gasteiger partial charge on any atom is -0.469 e. The van der Waals surface area contributed by atoms with Gasteiger partial charge in [0.05, 0.1) is 13.0 Å². The van der Waals surface area contributed by atoms with Gasteiger partial charge in [-0.25, -0.2) is 0 Å². The molecule has 2 rings (SSSR count). The van der Waals surface area contributed by atoms with E-state index in [0.717, 1.165) is 29.5 Å². The minimum atomic E-state index is -0.319. The van der Waals surface area contributed by atoms with Gasteiger partial charge in [-0.3, -0.25) is 9.59 Å². The maximum atomic E-state index is 11.8. The lowest BCUT2D eigenvalue weighted by atomic mass is 9.87. The third-order valence-corrected chi connectivity index (χ3v) is 3.34. The van der Waals surface area contributed by atoms with Crippen LogP contribution >= 0.6 is 0 Å². The molecular formula is C14H16O3. The first-order chi connectivity index (χ1) is 8.13. The van der Waals surface area contributed by atoms with E-state index >= 15 is 0 Å². The molecule has 1 aromatic carbocycles. The van der Waals surface area contributed by atoms with E-state index in [1.165, 1.54) is 7.11 Å². The van der Waals surface area contributed by atoms with Crippen LogP contribution in [0.15, 0.2) is 18.2 Å².